The molecule has 0 radical (unpaired) electrons. The monoisotopic (exact) mass is 521 g/mol. The highest BCUT2D eigenvalue weighted by molar-refractivity contribution is 7.99. The molecule has 0 saturated carbocycles. The summed E-state index contributed by atoms with van der Waals surface area (Å²) in [5.41, 5.74) is 5.15. The number of esters is 1. The highest BCUT2D eigenvalue weighted by atomic mass is 32.2. The minimum Gasteiger partial charge on any atom is -0.493 e. The molecule has 0 saturated heterocycles. The van der Waals surface area contributed by atoms with E-state index in [-0.39, 0.29) is 17.7 Å². The SMILES string of the molecule is CCSCCOC(=O)C1C(C)=NC2=C(C(=O)C[C@H](c3ccc(OC)c(OC)c3)C2)[C@@H]1c1cccc(C)c1. The van der Waals surface area contributed by atoms with Crippen molar-refractivity contribution in [2.45, 2.75) is 45.4 Å². The normalized spacial score (nSPS) is 21.3. The Morgan fingerprint density at radius 2 is 1.81 bits per heavy atom. The second-order valence-electron chi connectivity index (χ2n) is 9.49. The van der Waals surface area contributed by atoms with Gasteiger partial charge in [-0.05, 0) is 55.2 Å². The average molecular weight is 522 g/mol. The van der Waals surface area contributed by atoms with Gasteiger partial charge in [-0.3, -0.25) is 14.6 Å². The highest BCUT2D eigenvalue weighted by Gasteiger charge is 2.44. The predicted octanol–water partition coefficient (Wildman–Crippen LogP) is 5.88. The van der Waals surface area contributed by atoms with Gasteiger partial charge >= 0.3 is 5.97 Å². The first-order valence-electron chi connectivity index (χ1n) is 12.7. The standard InChI is InChI=1S/C30H35NO5S/c1-6-37-13-12-36-30(33)27-19(3)31-23-15-22(20-10-11-25(34-4)26(17-20)35-5)16-24(32)29(23)28(27)21-9-7-8-18(2)14-21/h7-11,14,17,22,27-28H,6,12-13,15-16H2,1-5H3/t22-,27?,28-/m1/s1. The molecule has 1 unspecified atom stereocenters. The summed E-state index contributed by atoms with van der Waals surface area (Å²) in [7, 11) is 3.21. The Balaban J connectivity index is 1.71. The zero-order valence-corrected chi connectivity index (χ0v) is 23.0. The largest absolute Gasteiger partial charge is 0.493 e. The third-order valence-electron chi connectivity index (χ3n) is 7.10. The molecule has 37 heavy (non-hydrogen) atoms. The van der Waals surface area contributed by atoms with E-state index >= 15 is 0 Å². The van der Waals surface area contributed by atoms with Crippen LogP contribution < -0.4 is 9.47 Å². The van der Waals surface area contributed by atoms with E-state index in [0.717, 1.165) is 33.9 Å². The molecule has 2 aliphatic rings. The summed E-state index contributed by atoms with van der Waals surface area (Å²) in [5, 5.41) is 0. The lowest BCUT2D eigenvalue weighted by Crippen LogP contribution is -2.38. The number of hydrogen-bond acceptors (Lipinski definition) is 7. The Bertz CT molecular complexity index is 1230. The Labute approximate surface area is 223 Å². The van der Waals surface area contributed by atoms with Crippen LogP contribution >= 0.6 is 11.8 Å². The number of methoxy groups -OCH3 is 2. The zero-order chi connectivity index (χ0) is 26.5. The van der Waals surface area contributed by atoms with E-state index in [0.29, 0.717) is 42.2 Å². The van der Waals surface area contributed by atoms with Gasteiger partial charge in [0, 0.05) is 35.1 Å². The van der Waals surface area contributed by atoms with Gasteiger partial charge in [-0.2, -0.15) is 11.8 Å². The molecule has 0 fully saturated rings. The Morgan fingerprint density at radius 1 is 1.03 bits per heavy atom. The van der Waals surface area contributed by atoms with Crippen LogP contribution in [0.25, 0.3) is 0 Å². The Hall–Kier alpha value is -3.06. The second kappa shape index (κ2) is 12.0. The van der Waals surface area contributed by atoms with Crippen molar-refractivity contribution in [3.05, 3.63) is 70.4 Å². The van der Waals surface area contributed by atoms with E-state index in [4.69, 9.17) is 19.2 Å². The fraction of sp³-hybridized carbons (Fsp3) is 0.433. The molecular weight excluding hydrogens is 486 g/mol. The van der Waals surface area contributed by atoms with Crippen LogP contribution in [0.2, 0.25) is 0 Å². The summed E-state index contributed by atoms with van der Waals surface area (Å²) in [6.45, 7) is 6.33. The molecule has 1 heterocycles. The number of benzene rings is 2. The van der Waals surface area contributed by atoms with Gasteiger partial charge in [0.25, 0.3) is 0 Å². The van der Waals surface area contributed by atoms with Crippen molar-refractivity contribution in [1.29, 1.82) is 0 Å². The van der Waals surface area contributed by atoms with Crippen molar-refractivity contribution in [3.8, 4) is 11.5 Å². The number of nitrogens with zero attached hydrogens (tertiary/aromatic N) is 1. The van der Waals surface area contributed by atoms with E-state index in [2.05, 4.69) is 13.0 Å². The van der Waals surface area contributed by atoms with Crippen LogP contribution in [0.1, 0.15) is 55.2 Å². The molecule has 6 nitrogen and oxygen atoms in total. The van der Waals surface area contributed by atoms with E-state index in [9.17, 15) is 9.59 Å². The van der Waals surface area contributed by atoms with Crippen LogP contribution in [0.3, 0.4) is 0 Å². The van der Waals surface area contributed by atoms with Crippen molar-refractivity contribution in [1.82, 2.24) is 0 Å². The van der Waals surface area contributed by atoms with E-state index in [1.54, 1.807) is 26.0 Å². The minimum absolute atomic E-state index is 0.0307. The number of ketones is 1. The van der Waals surface area contributed by atoms with E-state index < -0.39 is 11.8 Å². The Morgan fingerprint density at radius 3 is 2.51 bits per heavy atom. The number of aliphatic imine (C=N–C) groups is 1. The highest BCUT2D eigenvalue weighted by Crippen LogP contribution is 2.47. The maximum absolute atomic E-state index is 13.8. The van der Waals surface area contributed by atoms with Gasteiger partial charge in [0.15, 0.2) is 17.3 Å². The molecule has 0 aromatic heterocycles. The maximum Gasteiger partial charge on any atom is 0.315 e. The third kappa shape index (κ3) is 5.77. The average Bonchev–Trinajstić information content (AvgIpc) is 2.89. The minimum atomic E-state index is -0.617. The van der Waals surface area contributed by atoms with Crippen molar-refractivity contribution in [2.75, 3.05) is 32.3 Å². The number of hydrogen-bond donors (Lipinski definition) is 0. The van der Waals surface area contributed by atoms with Crippen LogP contribution in [0.15, 0.2) is 58.7 Å². The van der Waals surface area contributed by atoms with Gasteiger partial charge in [-0.25, -0.2) is 0 Å². The van der Waals surface area contributed by atoms with Gasteiger partial charge < -0.3 is 14.2 Å². The predicted molar refractivity (Wildman–Crippen MR) is 148 cm³/mol. The van der Waals surface area contributed by atoms with Crippen molar-refractivity contribution in [2.24, 2.45) is 10.9 Å². The lowest BCUT2D eigenvalue weighted by atomic mass is 9.69. The topological polar surface area (TPSA) is 74.2 Å². The molecule has 0 spiro atoms. The second-order valence-corrected chi connectivity index (χ2v) is 10.9. The lowest BCUT2D eigenvalue weighted by Gasteiger charge is -2.36. The molecule has 1 aliphatic carbocycles. The molecular formula is C30H35NO5S. The van der Waals surface area contributed by atoms with Crippen LogP contribution in [-0.2, 0) is 14.3 Å². The first-order valence-corrected chi connectivity index (χ1v) is 13.9. The van der Waals surface area contributed by atoms with Crippen LogP contribution in [0.4, 0.5) is 0 Å². The summed E-state index contributed by atoms with van der Waals surface area (Å²) < 4.78 is 16.6. The summed E-state index contributed by atoms with van der Waals surface area (Å²) >= 11 is 1.73. The van der Waals surface area contributed by atoms with Crippen LogP contribution in [0.5, 0.6) is 11.5 Å². The summed E-state index contributed by atoms with van der Waals surface area (Å²) in [4.78, 5) is 32.0. The van der Waals surface area contributed by atoms with Crippen molar-refractivity contribution in [3.63, 3.8) is 0 Å². The number of Topliss-reactive ketones (excluding diaryl/α,β-unsaturated/α-hetero) is 1. The third-order valence-corrected chi connectivity index (χ3v) is 7.96. The van der Waals surface area contributed by atoms with E-state index in [1.807, 2.05) is 50.2 Å². The molecule has 1 aliphatic heterocycles. The van der Waals surface area contributed by atoms with Gasteiger partial charge in [0.1, 0.15) is 12.5 Å². The van der Waals surface area contributed by atoms with Crippen LogP contribution in [0, 0.1) is 12.8 Å². The molecule has 196 valence electrons. The molecule has 0 N–H and O–H groups in total. The fourth-order valence-corrected chi connectivity index (χ4v) is 5.86. The molecule has 7 heteroatoms. The number of thioether (sulfide) groups is 1. The summed E-state index contributed by atoms with van der Waals surface area (Å²) in [5.74, 6) is 1.67. The molecule has 3 atom stereocenters. The fourth-order valence-electron chi connectivity index (χ4n) is 5.37. The van der Waals surface area contributed by atoms with Gasteiger partial charge in [-0.15, -0.1) is 0 Å². The smallest absolute Gasteiger partial charge is 0.315 e. The number of carbonyl (C=O) groups is 2. The Kier molecular flexibility index (Phi) is 8.75. The first-order chi connectivity index (χ1) is 17.9. The molecule has 2 aromatic rings. The summed E-state index contributed by atoms with van der Waals surface area (Å²) in [6.07, 6.45) is 0.964. The molecule has 2 aromatic carbocycles. The number of rotatable bonds is 9. The summed E-state index contributed by atoms with van der Waals surface area (Å²) in [6, 6.07) is 13.9. The first kappa shape index (κ1) is 27.0. The van der Waals surface area contributed by atoms with Gasteiger partial charge in [0.2, 0.25) is 0 Å². The lowest BCUT2D eigenvalue weighted by molar-refractivity contribution is -0.145. The molecule has 0 amide bonds. The van der Waals surface area contributed by atoms with Crippen molar-refractivity contribution >= 4 is 29.2 Å². The number of ether oxygens (including phenoxy) is 3. The quantitative estimate of drug-likeness (QED) is 0.303. The van der Waals surface area contributed by atoms with Gasteiger partial charge in [0.05, 0.1) is 14.2 Å². The number of carbonyl (C=O) groups excluding carboxylic acids is 2. The maximum atomic E-state index is 13.8. The number of allylic oxidation sites excluding steroid dienone is 2. The van der Waals surface area contributed by atoms with Gasteiger partial charge in [-0.1, -0.05) is 42.8 Å². The van der Waals surface area contributed by atoms with E-state index in [1.165, 1.54) is 0 Å². The number of aryl methyl sites for hydroxylation is 1. The molecule has 0 bridgehead atoms. The zero-order valence-electron chi connectivity index (χ0n) is 22.2. The van der Waals surface area contributed by atoms with Crippen LogP contribution in [-0.4, -0.2) is 49.8 Å². The molecule has 4 rings (SSSR count). The van der Waals surface area contributed by atoms with Crippen molar-refractivity contribution < 1.29 is 23.8 Å².